The molecule has 0 radical (unpaired) electrons. The van der Waals surface area contributed by atoms with Crippen LogP contribution in [-0.2, 0) is 9.47 Å². The van der Waals surface area contributed by atoms with Crippen molar-refractivity contribution < 1.29 is 19.1 Å². The van der Waals surface area contributed by atoms with Crippen molar-refractivity contribution in [2.75, 3.05) is 18.5 Å². The summed E-state index contributed by atoms with van der Waals surface area (Å²) in [6, 6.07) is 7.27. The van der Waals surface area contributed by atoms with Crippen LogP contribution < -0.4 is 5.32 Å². The van der Waals surface area contributed by atoms with Gasteiger partial charge in [-0.05, 0) is 19.9 Å². The summed E-state index contributed by atoms with van der Waals surface area (Å²) in [5.74, 6) is -0.518. The van der Waals surface area contributed by atoms with Gasteiger partial charge in [0.1, 0.15) is 5.69 Å². The van der Waals surface area contributed by atoms with Crippen molar-refractivity contribution in [2.45, 2.75) is 13.8 Å². The van der Waals surface area contributed by atoms with Crippen molar-refractivity contribution in [3.05, 3.63) is 30.0 Å². The van der Waals surface area contributed by atoms with Crippen molar-refractivity contribution in [1.29, 1.82) is 0 Å². The van der Waals surface area contributed by atoms with Crippen LogP contribution in [0.3, 0.4) is 0 Å². The molecule has 0 aliphatic carbocycles. The van der Waals surface area contributed by atoms with Gasteiger partial charge in [-0.1, -0.05) is 18.2 Å². The van der Waals surface area contributed by atoms with Crippen LogP contribution in [0.4, 0.5) is 10.5 Å². The molecule has 106 valence electrons. The second-order valence-electron chi connectivity index (χ2n) is 3.99. The minimum Gasteiger partial charge on any atom is -0.461 e. The number of aromatic amines is 1. The molecule has 0 bridgehead atoms. The highest BCUT2D eigenvalue weighted by Gasteiger charge is 2.20. The normalized spacial score (nSPS) is 10.3. The molecular formula is C14H16N2O4. The van der Waals surface area contributed by atoms with Gasteiger partial charge >= 0.3 is 12.1 Å². The Morgan fingerprint density at radius 3 is 2.55 bits per heavy atom. The van der Waals surface area contributed by atoms with Gasteiger partial charge in [-0.3, -0.25) is 5.32 Å². The van der Waals surface area contributed by atoms with Gasteiger partial charge in [0.2, 0.25) is 0 Å². The first-order valence-electron chi connectivity index (χ1n) is 6.39. The Morgan fingerprint density at radius 2 is 1.85 bits per heavy atom. The topological polar surface area (TPSA) is 80.4 Å². The van der Waals surface area contributed by atoms with Crippen molar-refractivity contribution in [2.24, 2.45) is 0 Å². The molecule has 1 aromatic heterocycles. The largest absolute Gasteiger partial charge is 0.461 e. The Balaban J connectivity index is 2.44. The zero-order chi connectivity index (χ0) is 14.5. The summed E-state index contributed by atoms with van der Waals surface area (Å²) >= 11 is 0. The van der Waals surface area contributed by atoms with Crippen LogP contribution >= 0.6 is 0 Å². The molecule has 1 aromatic carbocycles. The van der Waals surface area contributed by atoms with E-state index in [1.807, 2.05) is 18.2 Å². The summed E-state index contributed by atoms with van der Waals surface area (Å²) in [6.45, 7) is 3.94. The van der Waals surface area contributed by atoms with Gasteiger partial charge in [-0.2, -0.15) is 0 Å². The van der Waals surface area contributed by atoms with Crippen LogP contribution in [0.2, 0.25) is 0 Å². The lowest BCUT2D eigenvalue weighted by Gasteiger charge is -2.06. The summed E-state index contributed by atoms with van der Waals surface area (Å²) in [5, 5.41) is 3.31. The van der Waals surface area contributed by atoms with Gasteiger partial charge in [-0.25, -0.2) is 9.59 Å². The van der Waals surface area contributed by atoms with E-state index in [0.717, 1.165) is 10.9 Å². The predicted octanol–water partition coefficient (Wildman–Crippen LogP) is 2.91. The number of para-hydroxylation sites is 1. The summed E-state index contributed by atoms with van der Waals surface area (Å²) in [4.78, 5) is 26.5. The molecule has 0 saturated heterocycles. The van der Waals surface area contributed by atoms with Crippen LogP contribution in [0.1, 0.15) is 24.3 Å². The highest BCUT2D eigenvalue weighted by molar-refractivity contribution is 6.09. The van der Waals surface area contributed by atoms with Gasteiger partial charge in [-0.15, -0.1) is 0 Å². The number of anilines is 1. The van der Waals surface area contributed by atoms with E-state index in [1.165, 1.54) is 0 Å². The maximum absolute atomic E-state index is 11.9. The summed E-state index contributed by atoms with van der Waals surface area (Å²) in [7, 11) is 0. The Bertz CT molecular complexity index is 633. The first-order valence-corrected chi connectivity index (χ1v) is 6.39. The molecule has 1 heterocycles. The lowest BCUT2D eigenvalue weighted by molar-refractivity contribution is 0.0522. The van der Waals surface area contributed by atoms with Crippen LogP contribution in [0.25, 0.3) is 10.9 Å². The van der Waals surface area contributed by atoms with Crippen molar-refractivity contribution >= 4 is 28.7 Å². The predicted molar refractivity (Wildman–Crippen MR) is 74.9 cm³/mol. The molecule has 20 heavy (non-hydrogen) atoms. The number of hydrogen-bond acceptors (Lipinski definition) is 4. The van der Waals surface area contributed by atoms with Crippen molar-refractivity contribution in [3.63, 3.8) is 0 Å². The molecule has 0 atom stereocenters. The average molecular weight is 276 g/mol. The third-order valence-electron chi connectivity index (χ3n) is 2.69. The maximum Gasteiger partial charge on any atom is 0.411 e. The molecule has 2 aromatic rings. The van der Waals surface area contributed by atoms with Gasteiger partial charge in [0.15, 0.2) is 0 Å². The van der Waals surface area contributed by atoms with Gasteiger partial charge in [0.05, 0.1) is 18.9 Å². The van der Waals surface area contributed by atoms with E-state index in [2.05, 4.69) is 10.3 Å². The van der Waals surface area contributed by atoms with Crippen LogP contribution in [0, 0.1) is 0 Å². The minimum atomic E-state index is -0.609. The van der Waals surface area contributed by atoms with E-state index >= 15 is 0 Å². The van der Waals surface area contributed by atoms with E-state index < -0.39 is 12.1 Å². The van der Waals surface area contributed by atoms with E-state index in [4.69, 9.17) is 9.47 Å². The van der Waals surface area contributed by atoms with Crippen LogP contribution in [-0.4, -0.2) is 30.3 Å². The fourth-order valence-corrected chi connectivity index (χ4v) is 1.90. The second-order valence-corrected chi connectivity index (χ2v) is 3.99. The average Bonchev–Trinajstić information content (AvgIpc) is 2.78. The summed E-state index contributed by atoms with van der Waals surface area (Å²) in [5.41, 5.74) is 1.32. The van der Waals surface area contributed by atoms with E-state index in [1.54, 1.807) is 19.9 Å². The quantitative estimate of drug-likeness (QED) is 0.841. The molecule has 0 fully saturated rings. The standard InChI is InChI=1S/C14H16N2O4/c1-3-19-13(17)12-11(16-14(18)20-4-2)9-7-5-6-8-10(9)15-12/h5-8,15H,3-4H2,1-2H3,(H,16,18). The molecular weight excluding hydrogens is 260 g/mol. The molecule has 2 N–H and O–H groups in total. The number of ether oxygens (including phenoxy) is 2. The number of hydrogen-bond donors (Lipinski definition) is 2. The molecule has 6 heteroatoms. The fourth-order valence-electron chi connectivity index (χ4n) is 1.90. The second kappa shape index (κ2) is 6.10. The number of carbonyl (C=O) groups is 2. The third-order valence-corrected chi connectivity index (χ3v) is 2.69. The number of benzene rings is 1. The van der Waals surface area contributed by atoms with Gasteiger partial charge < -0.3 is 14.5 Å². The highest BCUT2D eigenvalue weighted by Crippen LogP contribution is 2.28. The Hall–Kier alpha value is -2.50. The number of aromatic nitrogens is 1. The van der Waals surface area contributed by atoms with Crippen molar-refractivity contribution in [3.8, 4) is 0 Å². The number of fused-ring (bicyclic) bond motifs is 1. The fraction of sp³-hybridized carbons (Fsp3) is 0.286. The molecule has 6 nitrogen and oxygen atoms in total. The zero-order valence-corrected chi connectivity index (χ0v) is 11.4. The van der Waals surface area contributed by atoms with E-state index in [0.29, 0.717) is 5.69 Å². The molecule has 0 spiro atoms. The Morgan fingerprint density at radius 1 is 1.15 bits per heavy atom. The van der Waals surface area contributed by atoms with Crippen LogP contribution in [0.15, 0.2) is 24.3 Å². The SMILES string of the molecule is CCOC(=O)Nc1c(C(=O)OCC)[nH]c2ccccc12. The lowest BCUT2D eigenvalue weighted by Crippen LogP contribution is -2.16. The van der Waals surface area contributed by atoms with E-state index in [9.17, 15) is 9.59 Å². The monoisotopic (exact) mass is 276 g/mol. The van der Waals surface area contributed by atoms with Crippen molar-refractivity contribution in [1.82, 2.24) is 4.98 Å². The molecule has 2 rings (SSSR count). The number of amides is 1. The number of esters is 1. The summed E-state index contributed by atoms with van der Waals surface area (Å²) < 4.78 is 9.82. The number of nitrogens with one attached hydrogen (secondary N) is 2. The van der Waals surface area contributed by atoms with Crippen LogP contribution in [0.5, 0.6) is 0 Å². The molecule has 0 saturated carbocycles. The lowest BCUT2D eigenvalue weighted by atomic mass is 10.2. The molecule has 0 aliphatic rings. The third kappa shape index (κ3) is 2.74. The highest BCUT2D eigenvalue weighted by atomic mass is 16.5. The Labute approximate surface area is 116 Å². The first-order chi connectivity index (χ1) is 9.67. The van der Waals surface area contributed by atoms with E-state index in [-0.39, 0.29) is 18.9 Å². The zero-order valence-electron chi connectivity index (χ0n) is 11.4. The maximum atomic E-state index is 11.9. The molecule has 1 amide bonds. The number of carbonyl (C=O) groups excluding carboxylic acids is 2. The van der Waals surface area contributed by atoms with Gasteiger partial charge in [0, 0.05) is 10.9 Å². The van der Waals surface area contributed by atoms with Gasteiger partial charge in [0.25, 0.3) is 0 Å². The Kier molecular flexibility index (Phi) is 4.24. The number of rotatable bonds is 4. The smallest absolute Gasteiger partial charge is 0.411 e. The summed E-state index contributed by atoms with van der Waals surface area (Å²) in [6.07, 6.45) is -0.609. The first kappa shape index (κ1) is 13.9. The minimum absolute atomic E-state index is 0.209. The molecule has 0 unspecified atom stereocenters. The number of H-pyrrole nitrogens is 1. The molecule has 0 aliphatic heterocycles.